The molecular formula is C16H18Cl2N4O2. The molecule has 128 valence electrons. The minimum Gasteiger partial charge on any atom is -0.480 e. The Hall–Kier alpha value is -1.63. The third kappa shape index (κ3) is 3.88. The lowest BCUT2D eigenvalue weighted by Gasteiger charge is -2.33. The summed E-state index contributed by atoms with van der Waals surface area (Å²) >= 11 is 12.4. The van der Waals surface area contributed by atoms with Gasteiger partial charge in [-0.1, -0.05) is 23.2 Å². The number of rotatable bonds is 5. The van der Waals surface area contributed by atoms with E-state index in [4.69, 9.17) is 28.3 Å². The van der Waals surface area contributed by atoms with E-state index in [0.29, 0.717) is 16.6 Å². The lowest BCUT2D eigenvalue weighted by Crippen LogP contribution is -2.35. The Kier molecular flexibility index (Phi) is 5.38. The van der Waals surface area contributed by atoms with E-state index < -0.39 is 5.97 Å². The van der Waals surface area contributed by atoms with Gasteiger partial charge in [-0.05, 0) is 25.5 Å². The number of aromatic nitrogens is 3. The SMILES string of the molecule is O=C(O)Cn1nccc1[C@@H]1CCCN(Cc2c(Cl)cncc2Cl)C1. The van der Waals surface area contributed by atoms with Crippen molar-refractivity contribution >= 4 is 29.2 Å². The van der Waals surface area contributed by atoms with Crippen LogP contribution in [0.2, 0.25) is 10.0 Å². The summed E-state index contributed by atoms with van der Waals surface area (Å²) in [5, 5.41) is 14.3. The Morgan fingerprint density at radius 2 is 2.08 bits per heavy atom. The van der Waals surface area contributed by atoms with Crippen molar-refractivity contribution in [2.75, 3.05) is 13.1 Å². The highest BCUT2D eigenvalue weighted by Gasteiger charge is 2.25. The molecule has 8 heteroatoms. The molecule has 1 N–H and O–H groups in total. The zero-order chi connectivity index (χ0) is 17.1. The number of carboxylic acids is 1. The summed E-state index contributed by atoms with van der Waals surface area (Å²) in [5.41, 5.74) is 1.85. The monoisotopic (exact) mass is 368 g/mol. The molecule has 1 fully saturated rings. The maximum Gasteiger partial charge on any atom is 0.325 e. The Balaban J connectivity index is 1.73. The van der Waals surface area contributed by atoms with E-state index in [1.54, 1.807) is 23.3 Å². The summed E-state index contributed by atoms with van der Waals surface area (Å²) in [5.74, 6) is -0.636. The number of hydrogen-bond acceptors (Lipinski definition) is 4. The lowest BCUT2D eigenvalue weighted by molar-refractivity contribution is -0.137. The zero-order valence-electron chi connectivity index (χ0n) is 13.0. The van der Waals surface area contributed by atoms with Gasteiger partial charge in [-0.15, -0.1) is 0 Å². The molecule has 0 bridgehead atoms. The van der Waals surface area contributed by atoms with Gasteiger partial charge in [-0.25, -0.2) is 0 Å². The number of halogens is 2. The first-order valence-corrected chi connectivity index (χ1v) is 8.54. The Bertz CT molecular complexity index is 714. The van der Waals surface area contributed by atoms with Crippen molar-refractivity contribution in [2.45, 2.75) is 31.8 Å². The van der Waals surface area contributed by atoms with Crippen molar-refractivity contribution in [1.29, 1.82) is 0 Å². The highest BCUT2D eigenvalue weighted by Crippen LogP contribution is 2.30. The summed E-state index contributed by atoms with van der Waals surface area (Å²) in [7, 11) is 0. The third-order valence-corrected chi connectivity index (χ3v) is 4.94. The molecule has 1 atom stereocenters. The molecule has 0 aliphatic carbocycles. The van der Waals surface area contributed by atoms with Gasteiger partial charge >= 0.3 is 5.97 Å². The number of hydrogen-bond donors (Lipinski definition) is 1. The van der Waals surface area contributed by atoms with Crippen molar-refractivity contribution in [3.05, 3.63) is 46.0 Å². The number of likely N-dealkylation sites (tertiary alicyclic amines) is 1. The third-order valence-electron chi connectivity index (χ3n) is 4.29. The van der Waals surface area contributed by atoms with Crippen LogP contribution < -0.4 is 0 Å². The van der Waals surface area contributed by atoms with E-state index >= 15 is 0 Å². The van der Waals surface area contributed by atoms with Crippen LogP contribution in [0.25, 0.3) is 0 Å². The lowest BCUT2D eigenvalue weighted by atomic mass is 9.94. The second kappa shape index (κ2) is 7.51. The largest absolute Gasteiger partial charge is 0.480 e. The molecule has 0 radical (unpaired) electrons. The molecule has 24 heavy (non-hydrogen) atoms. The summed E-state index contributed by atoms with van der Waals surface area (Å²) < 4.78 is 1.57. The van der Waals surface area contributed by atoms with Gasteiger partial charge in [0.25, 0.3) is 0 Å². The number of carbonyl (C=O) groups is 1. The molecule has 2 aromatic rings. The van der Waals surface area contributed by atoms with E-state index in [2.05, 4.69) is 15.0 Å². The first-order chi connectivity index (χ1) is 11.5. The topological polar surface area (TPSA) is 71.2 Å². The zero-order valence-corrected chi connectivity index (χ0v) is 14.5. The second-order valence-electron chi connectivity index (χ2n) is 5.96. The maximum absolute atomic E-state index is 11.0. The van der Waals surface area contributed by atoms with Gasteiger partial charge in [0, 0.05) is 48.9 Å². The molecule has 2 aromatic heterocycles. The highest BCUT2D eigenvalue weighted by molar-refractivity contribution is 6.35. The Morgan fingerprint density at radius 3 is 2.79 bits per heavy atom. The summed E-state index contributed by atoms with van der Waals surface area (Å²) in [6.45, 7) is 2.32. The molecule has 0 unspecified atom stereocenters. The minimum atomic E-state index is -0.886. The van der Waals surface area contributed by atoms with E-state index in [0.717, 1.165) is 37.2 Å². The normalized spacial score (nSPS) is 18.7. The molecule has 1 aliphatic rings. The van der Waals surface area contributed by atoms with Crippen molar-refractivity contribution in [1.82, 2.24) is 19.7 Å². The van der Waals surface area contributed by atoms with Crippen LogP contribution in [0.1, 0.15) is 30.0 Å². The van der Waals surface area contributed by atoms with Crippen LogP contribution >= 0.6 is 23.2 Å². The molecule has 0 spiro atoms. The predicted octanol–water partition coefficient (Wildman–Crippen LogP) is 3.05. The number of carboxylic acid groups (broad SMARTS) is 1. The molecule has 1 aliphatic heterocycles. The standard InChI is InChI=1S/C16H18Cl2N4O2/c17-13-6-19-7-14(18)12(13)9-21-5-1-2-11(8-21)15-3-4-20-22(15)10-16(23)24/h3-4,6-7,11H,1-2,5,8-10H2,(H,23,24)/t11-/m1/s1. The summed E-state index contributed by atoms with van der Waals surface area (Å²) in [4.78, 5) is 17.2. The first-order valence-electron chi connectivity index (χ1n) is 7.78. The average molecular weight is 369 g/mol. The Labute approximate surface area is 150 Å². The molecule has 0 aromatic carbocycles. The van der Waals surface area contributed by atoms with E-state index in [-0.39, 0.29) is 12.5 Å². The van der Waals surface area contributed by atoms with Crippen LogP contribution in [0.5, 0.6) is 0 Å². The maximum atomic E-state index is 11.0. The fourth-order valence-corrected chi connectivity index (χ4v) is 3.69. The molecule has 3 rings (SSSR count). The first kappa shape index (κ1) is 17.2. The van der Waals surface area contributed by atoms with Crippen molar-refractivity contribution < 1.29 is 9.90 Å². The summed E-state index contributed by atoms with van der Waals surface area (Å²) in [6.07, 6.45) is 6.91. The van der Waals surface area contributed by atoms with Crippen LogP contribution in [0.15, 0.2) is 24.7 Å². The quantitative estimate of drug-likeness (QED) is 0.877. The fraction of sp³-hybridized carbons (Fsp3) is 0.438. The van der Waals surface area contributed by atoms with Gasteiger partial charge in [-0.2, -0.15) is 5.10 Å². The molecule has 1 saturated heterocycles. The van der Waals surface area contributed by atoms with E-state index in [9.17, 15) is 4.79 Å². The predicted molar refractivity (Wildman–Crippen MR) is 91.4 cm³/mol. The van der Waals surface area contributed by atoms with Gasteiger partial charge in [0.1, 0.15) is 6.54 Å². The number of pyridine rings is 1. The second-order valence-corrected chi connectivity index (χ2v) is 6.78. The molecule has 6 nitrogen and oxygen atoms in total. The minimum absolute atomic E-state index is 0.110. The van der Waals surface area contributed by atoms with Crippen LogP contribution in [0.4, 0.5) is 0 Å². The Morgan fingerprint density at radius 1 is 1.33 bits per heavy atom. The summed E-state index contributed by atoms with van der Waals surface area (Å²) in [6, 6.07) is 1.91. The van der Waals surface area contributed by atoms with Crippen LogP contribution in [0, 0.1) is 0 Å². The molecular weight excluding hydrogens is 351 g/mol. The van der Waals surface area contributed by atoms with Gasteiger partial charge in [0.2, 0.25) is 0 Å². The van der Waals surface area contributed by atoms with Gasteiger partial charge in [0.15, 0.2) is 0 Å². The van der Waals surface area contributed by atoms with E-state index in [1.807, 2.05) is 6.07 Å². The van der Waals surface area contributed by atoms with Crippen LogP contribution in [0.3, 0.4) is 0 Å². The van der Waals surface area contributed by atoms with Crippen LogP contribution in [-0.2, 0) is 17.9 Å². The molecule has 3 heterocycles. The van der Waals surface area contributed by atoms with Gasteiger partial charge in [0.05, 0.1) is 10.0 Å². The van der Waals surface area contributed by atoms with Crippen molar-refractivity contribution in [3.8, 4) is 0 Å². The number of aliphatic carboxylic acids is 1. The molecule has 0 amide bonds. The van der Waals surface area contributed by atoms with Gasteiger partial charge in [-0.3, -0.25) is 19.4 Å². The highest BCUT2D eigenvalue weighted by atomic mass is 35.5. The number of nitrogens with zero attached hydrogens (tertiary/aromatic N) is 4. The van der Waals surface area contributed by atoms with Gasteiger partial charge < -0.3 is 5.11 Å². The molecule has 0 saturated carbocycles. The average Bonchev–Trinajstić information content (AvgIpc) is 2.99. The fourth-order valence-electron chi connectivity index (χ4n) is 3.20. The number of piperidine rings is 1. The van der Waals surface area contributed by atoms with Crippen molar-refractivity contribution in [2.24, 2.45) is 0 Å². The van der Waals surface area contributed by atoms with Crippen molar-refractivity contribution in [3.63, 3.8) is 0 Å². The van der Waals surface area contributed by atoms with E-state index in [1.165, 1.54) is 0 Å². The van der Waals surface area contributed by atoms with Crippen LogP contribution in [-0.4, -0.2) is 43.8 Å². The smallest absolute Gasteiger partial charge is 0.325 e.